The molecule has 1 amide bonds. The zero-order chi connectivity index (χ0) is 23.1. The first-order valence-corrected chi connectivity index (χ1v) is 10.9. The molecule has 3 aromatic carbocycles. The Morgan fingerprint density at radius 3 is 2.41 bits per heavy atom. The third kappa shape index (κ3) is 6.63. The maximum Gasteiger partial charge on any atom is 0.310 e. The van der Waals surface area contributed by atoms with Crippen LogP contribution in [0.4, 0.5) is 5.69 Å². The van der Waals surface area contributed by atoms with E-state index in [9.17, 15) is 9.59 Å². The maximum absolute atomic E-state index is 12.9. The van der Waals surface area contributed by atoms with Crippen LogP contribution in [0.3, 0.4) is 0 Å². The second-order valence-electron chi connectivity index (χ2n) is 6.81. The van der Waals surface area contributed by atoms with Crippen LogP contribution < -0.4 is 10.1 Å². The molecule has 0 fully saturated rings. The fraction of sp³-hybridized carbons (Fsp3) is 0.167. The SMILES string of the molecule is CCOC(=O)Cc1ccc(NC(=O)c2cc(Cl)ccc2OCc2cccc(Cl)c2)c(Cl)c1. The average molecular weight is 493 g/mol. The standard InChI is InChI=1S/C24H20Cl3NO4/c1-2-31-23(29)12-15-6-8-21(20(27)11-15)28-24(30)19-13-18(26)7-9-22(19)32-14-16-4-3-5-17(25)10-16/h3-11,13H,2,12,14H2,1H3,(H,28,30). The first-order chi connectivity index (χ1) is 15.4. The van der Waals surface area contributed by atoms with Gasteiger partial charge in [-0.2, -0.15) is 0 Å². The summed E-state index contributed by atoms with van der Waals surface area (Å²) in [5, 5.41) is 4.04. The summed E-state index contributed by atoms with van der Waals surface area (Å²) in [4.78, 5) is 24.6. The molecule has 0 bridgehead atoms. The molecule has 0 atom stereocenters. The molecule has 1 N–H and O–H groups in total. The fourth-order valence-electron chi connectivity index (χ4n) is 2.93. The Balaban J connectivity index is 1.74. The molecule has 5 nitrogen and oxygen atoms in total. The van der Waals surface area contributed by atoms with Crippen molar-refractivity contribution in [3.8, 4) is 5.75 Å². The number of rotatable bonds is 8. The van der Waals surface area contributed by atoms with Gasteiger partial charge in [-0.1, -0.05) is 53.0 Å². The van der Waals surface area contributed by atoms with Crippen molar-refractivity contribution in [2.45, 2.75) is 20.0 Å². The van der Waals surface area contributed by atoms with Gasteiger partial charge in [0.1, 0.15) is 12.4 Å². The third-order valence-corrected chi connectivity index (χ3v) is 5.19. The Bertz CT molecular complexity index is 1130. The quantitative estimate of drug-likeness (QED) is 0.361. The van der Waals surface area contributed by atoms with Gasteiger partial charge in [0, 0.05) is 10.0 Å². The van der Waals surface area contributed by atoms with E-state index in [0.29, 0.717) is 38.7 Å². The molecule has 0 saturated carbocycles. The molecule has 32 heavy (non-hydrogen) atoms. The van der Waals surface area contributed by atoms with E-state index in [4.69, 9.17) is 44.3 Å². The van der Waals surface area contributed by atoms with Crippen LogP contribution in [0.1, 0.15) is 28.4 Å². The van der Waals surface area contributed by atoms with Crippen LogP contribution in [0, 0.1) is 0 Å². The van der Waals surface area contributed by atoms with Gasteiger partial charge in [0.15, 0.2) is 0 Å². The Kier molecular flexibility index (Phi) is 8.39. The summed E-state index contributed by atoms with van der Waals surface area (Å²) in [6.45, 7) is 2.28. The van der Waals surface area contributed by atoms with Gasteiger partial charge in [-0.3, -0.25) is 9.59 Å². The molecule has 0 saturated heterocycles. The second-order valence-corrected chi connectivity index (χ2v) is 8.09. The van der Waals surface area contributed by atoms with E-state index in [-0.39, 0.29) is 24.6 Å². The number of hydrogen-bond acceptors (Lipinski definition) is 4. The molecule has 0 aliphatic carbocycles. The van der Waals surface area contributed by atoms with Gasteiger partial charge in [0.2, 0.25) is 0 Å². The van der Waals surface area contributed by atoms with E-state index in [1.165, 1.54) is 6.07 Å². The monoisotopic (exact) mass is 491 g/mol. The molecule has 0 aliphatic heterocycles. The van der Waals surface area contributed by atoms with E-state index in [2.05, 4.69) is 5.32 Å². The predicted molar refractivity (Wildman–Crippen MR) is 127 cm³/mol. The summed E-state index contributed by atoms with van der Waals surface area (Å²) in [5.74, 6) is -0.420. The summed E-state index contributed by atoms with van der Waals surface area (Å²) >= 11 is 18.4. The van der Waals surface area contributed by atoms with E-state index in [0.717, 1.165) is 5.56 Å². The van der Waals surface area contributed by atoms with Crippen molar-refractivity contribution in [3.05, 3.63) is 92.4 Å². The molecule has 0 aromatic heterocycles. The number of carbonyl (C=O) groups excluding carboxylic acids is 2. The van der Waals surface area contributed by atoms with Crippen molar-refractivity contribution < 1.29 is 19.1 Å². The highest BCUT2D eigenvalue weighted by Gasteiger charge is 2.16. The number of halogens is 3. The average Bonchev–Trinajstić information content (AvgIpc) is 2.75. The van der Waals surface area contributed by atoms with Gasteiger partial charge in [0.25, 0.3) is 5.91 Å². The number of hydrogen-bond donors (Lipinski definition) is 1. The lowest BCUT2D eigenvalue weighted by atomic mass is 10.1. The fourth-order valence-corrected chi connectivity index (χ4v) is 3.57. The number of nitrogens with one attached hydrogen (secondary N) is 1. The molecule has 8 heteroatoms. The Hall–Kier alpha value is -2.73. The van der Waals surface area contributed by atoms with Crippen LogP contribution in [-0.2, 0) is 22.6 Å². The lowest BCUT2D eigenvalue weighted by Crippen LogP contribution is -2.14. The van der Waals surface area contributed by atoms with Crippen molar-refractivity contribution in [1.82, 2.24) is 0 Å². The molecule has 0 radical (unpaired) electrons. The Morgan fingerprint density at radius 1 is 0.906 bits per heavy atom. The number of carbonyl (C=O) groups is 2. The third-order valence-electron chi connectivity index (χ3n) is 4.41. The normalized spacial score (nSPS) is 10.5. The number of ether oxygens (including phenoxy) is 2. The van der Waals surface area contributed by atoms with Crippen LogP contribution in [0.2, 0.25) is 15.1 Å². The van der Waals surface area contributed by atoms with Crippen molar-refractivity contribution in [1.29, 1.82) is 0 Å². The molecule has 3 rings (SSSR count). The zero-order valence-corrected chi connectivity index (χ0v) is 19.4. The maximum atomic E-state index is 12.9. The van der Waals surface area contributed by atoms with E-state index in [1.807, 2.05) is 12.1 Å². The van der Waals surface area contributed by atoms with Crippen LogP contribution in [0.25, 0.3) is 0 Å². The highest BCUT2D eigenvalue weighted by molar-refractivity contribution is 6.34. The van der Waals surface area contributed by atoms with Gasteiger partial charge >= 0.3 is 5.97 Å². The number of esters is 1. The first-order valence-electron chi connectivity index (χ1n) is 9.78. The lowest BCUT2D eigenvalue weighted by molar-refractivity contribution is -0.142. The highest BCUT2D eigenvalue weighted by Crippen LogP contribution is 2.28. The molecule has 0 unspecified atom stereocenters. The number of amides is 1. The molecular formula is C24H20Cl3NO4. The second kappa shape index (κ2) is 11.2. The van der Waals surface area contributed by atoms with Crippen molar-refractivity contribution in [3.63, 3.8) is 0 Å². The summed E-state index contributed by atoms with van der Waals surface area (Å²) in [7, 11) is 0. The highest BCUT2D eigenvalue weighted by atomic mass is 35.5. The minimum absolute atomic E-state index is 0.0948. The van der Waals surface area contributed by atoms with Crippen LogP contribution >= 0.6 is 34.8 Å². The van der Waals surface area contributed by atoms with Gasteiger partial charge in [-0.05, 0) is 60.5 Å². The van der Waals surface area contributed by atoms with Crippen LogP contribution in [-0.4, -0.2) is 18.5 Å². The summed E-state index contributed by atoms with van der Waals surface area (Å²) in [6, 6.07) is 17.0. The molecule has 3 aromatic rings. The topological polar surface area (TPSA) is 64.6 Å². The smallest absolute Gasteiger partial charge is 0.310 e. The molecular weight excluding hydrogens is 473 g/mol. The largest absolute Gasteiger partial charge is 0.488 e. The molecule has 0 heterocycles. The number of benzene rings is 3. The van der Waals surface area contributed by atoms with Crippen molar-refractivity contribution >= 4 is 52.4 Å². The van der Waals surface area contributed by atoms with Crippen LogP contribution in [0.15, 0.2) is 60.7 Å². The van der Waals surface area contributed by atoms with Gasteiger partial charge in [-0.25, -0.2) is 0 Å². The molecule has 166 valence electrons. The minimum atomic E-state index is -0.436. The summed E-state index contributed by atoms with van der Waals surface area (Å²) in [5.41, 5.74) is 2.19. The lowest BCUT2D eigenvalue weighted by Gasteiger charge is -2.14. The minimum Gasteiger partial charge on any atom is -0.488 e. The number of anilines is 1. The Labute approximate surface area is 201 Å². The van der Waals surface area contributed by atoms with Crippen molar-refractivity contribution in [2.24, 2.45) is 0 Å². The van der Waals surface area contributed by atoms with E-state index < -0.39 is 5.91 Å². The van der Waals surface area contributed by atoms with E-state index >= 15 is 0 Å². The van der Waals surface area contributed by atoms with Crippen LogP contribution in [0.5, 0.6) is 5.75 Å². The predicted octanol–water partition coefficient (Wildman–Crippen LogP) is 6.58. The van der Waals surface area contributed by atoms with Gasteiger partial charge in [0.05, 0.1) is 29.3 Å². The van der Waals surface area contributed by atoms with Crippen molar-refractivity contribution in [2.75, 3.05) is 11.9 Å². The zero-order valence-electron chi connectivity index (χ0n) is 17.2. The van der Waals surface area contributed by atoms with Gasteiger partial charge in [-0.15, -0.1) is 0 Å². The summed E-state index contributed by atoms with van der Waals surface area (Å²) < 4.78 is 10.8. The molecule has 0 aliphatic rings. The molecule has 0 spiro atoms. The first kappa shape index (κ1) is 23.9. The summed E-state index contributed by atoms with van der Waals surface area (Å²) in [6.07, 6.45) is 0.0948. The van der Waals surface area contributed by atoms with E-state index in [1.54, 1.807) is 49.4 Å². The Morgan fingerprint density at radius 2 is 1.69 bits per heavy atom. The van der Waals surface area contributed by atoms with Gasteiger partial charge < -0.3 is 14.8 Å².